The summed E-state index contributed by atoms with van der Waals surface area (Å²) < 4.78 is 13.0. The lowest BCUT2D eigenvalue weighted by Gasteiger charge is -2.29. The molecule has 1 aliphatic rings. The van der Waals surface area contributed by atoms with Crippen molar-refractivity contribution in [1.29, 1.82) is 0 Å². The highest BCUT2D eigenvalue weighted by atomic mass is 35.5. The number of nitrogens with zero attached hydrogens (tertiary/aromatic N) is 1. The first kappa shape index (κ1) is 17.5. The third-order valence-corrected chi connectivity index (χ3v) is 4.55. The van der Waals surface area contributed by atoms with Gasteiger partial charge < -0.3 is 0 Å². The van der Waals surface area contributed by atoms with Gasteiger partial charge in [0, 0.05) is 0 Å². The zero-order chi connectivity index (χ0) is 18.1. The second kappa shape index (κ2) is 6.92. The number of amides is 2. The molecule has 25 heavy (non-hydrogen) atoms. The lowest BCUT2D eigenvalue weighted by molar-refractivity contribution is -0.122. The van der Waals surface area contributed by atoms with Crippen LogP contribution in [-0.2, 0) is 9.59 Å². The Balaban J connectivity index is 2.05. The third kappa shape index (κ3) is 3.42. The van der Waals surface area contributed by atoms with Crippen LogP contribution in [0.3, 0.4) is 0 Å². The van der Waals surface area contributed by atoms with E-state index in [-0.39, 0.29) is 26.4 Å². The van der Waals surface area contributed by atoms with Crippen molar-refractivity contribution in [2.24, 2.45) is 0 Å². The topological polar surface area (TPSA) is 49.4 Å². The number of halogens is 3. The Morgan fingerprint density at radius 2 is 1.76 bits per heavy atom. The molecule has 0 radical (unpaired) electrons. The maximum atomic E-state index is 13.0. The third-order valence-electron chi connectivity index (χ3n) is 3.45. The van der Waals surface area contributed by atoms with Crippen LogP contribution in [0.1, 0.15) is 5.56 Å². The van der Waals surface area contributed by atoms with Crippen LogP contribution in [0, 0.1) is 5.82 Å². The zero-order valence-electron chi connectivity index (χ0n) is 12.4. The number of hydrogen-bond donors (Lipinski definition) is 1. The molecule has 1 aliphatic heterocycles. The number of benzene rings is 2. The number of carbonyl (C=O) groups excluding carboxylic acids is 2. The minimum Gasteiger partial charge on any atom is -0.298 e. The summed E-state index contributed by atoms with van der Waals surface area (Å²) in [6.45, 7) is 0. The summed E-state index contributed by atoms with van der Waals surface area (Å²) >= 11 is 17.2. The fraction of sp³-hybridized carbons (Fsp3) is 0. The summed E-state index contributed by atoms with van der Waals surface area (Å²) in [5.41, 5.74) is 0.593. The monoisotopic (exact) mass is 394 g/mol. The van der Waals surface area contributed by atoms with Crippen LogP contribution < -0.4 is 10.2 Å². The highest BCUT2D eigenvalue weighted by Gasteiger charge is 2.35. The minimum absolute atomic E-state index is 0.101. The van der Waals surface area contributed by atoms with Gasteiger partial charge in [0.1, 0.15) is 11.4 Å². The molecule has 0 unspecified atom stereocenters. The van der Waals surface area contributed by atoms with Gasteiger partial charge in [-0.15, -0.1) is 0 Å². The Kier molecular flexibility index (Phi) is 4.85. The summed E-state index contributed by atoms with van der Waals surface area (Å²) in [5, 5.41) is 2.72. The molecule has 0 aliphatic carbocycles. The molecule has 1 heterocycles. The van der Waals surface area contributed by atoms with Crippen molar-refractivity contribution in [1.82, 2.24) is 5.32 Å². The van der Waals surface area contributed by atoms with E-state index >= 15 is 0 Å². The van der Waals surface area contributed by atoms with E-state index in [2.05, 4.69) is 5.32 Å². The van der Waals surface area contributed by atoms with E-state index in [1.807, 2.05) is 0 Å². The van der Waals surface area contributed by atoms with Crippen molar-refractivity contribution >= 4 is 64.1 Å². The molecule has 0 atom stereocenters. The molecule has 0 saturated carbocycles. The SMILES string of the molecule is O=C1NC(=S)N(c2cccc(Cl)c2Cl)C(=O)/C1=C/c1ccc(F)cc1. The molecule has 2 amide bonds. The maximum Gasteiger partial charge on any atom is 0.270 e. The van der Waals surface area contributed by atoms with E-state index in [0.717, 1.165) is 4.90 Å². The average molecular weight is 395 g/mol. The van der Waals surface area contributed by atoms with Gasteiger partial charge in [0.15, 0.2) is 5.11 Å². The molecular formula is C17H9Cl2FN2O2S. The standard InChI is InChI=1S/C17H9Cl2FN2O2S/c18-12-2-1-3-13(14(12)19)22-16(24)11(15(23)21-17(22)25)8-9-4-6-10(20)7-5-9/h1-8H,(H,21,23,25)/b11-8+. The van der Waals surface area contributed by atoms with Gasteiger partial charge in [-0.3, -0.25) is 19.8 Å². The van der Waals surface area contributed by atoms with Crippen LogP contribution in [-0.4, -0.2) is 16.9 Å². The Morgan fingerprint density at radius 3 is 2.44 bits per heavy atom. The van der Waals surface area contributed by atoms with Gasteiger partial charge in [0.25, 0.3) is 11.8 Å². The van der Waals surface area contributed by atoms with Crippen molar-refractivity contribution in [2.75, 3.05) is 4.90 Å². The Bertz CT molecular complexity index is 929. The minimum atomic E-state index is -0.651. The lowest BCUT2D eigenvalue weighted by atomic mass is 10.1. The van der Waals surface area contributed by atoms with Gasteiger partial charge >= 0.3 is 0 Å². The molecule has 3 rings (SSSR count). The number of hydrogen-bond acceptors (Lipinski definition) is 3. The van der Waals surface area contributed by atoms with E-state index in [0.29, 0.717) is 5.56 Å². The summed E-state index contributed by atoms with van der Waals surface area (Å²) in [7, 11) is 0. The first-order chi connectivity index (χ1) is 11.9. The van der Waals surface area contributed by atoms with Gasteiger partial charge in [0.05, 0.1) is 15.7 Å². The summed E-state index contributed by atoms with van der Waals surface area (Å²) in [6, 6.07) is 10.1. The van der Waals surface area contributed by atoms with Crippen LogP contribution in [0.15, 0.2) is 48.0 Å². The average Bonchev–Trinajstić information content (AvgIpc) is 2.57. The van der Waals surface area contributed by atoms with E-state index in [4.69, 9.17) is 35.4 Å². The van der Waals surface area contributed by atoms with Gasteiger partial charge in [-0.2, -0.15) is 0 Å². The first-order valence-electron chi connectivity index (χ1n) is 6.99. The van der Waals surface area contributed by atoms with Crippen molar-refractivity contribution in [3.63, 3.8) is 0 Å². The van der Waals surface area contributed by atoms with E-state index in [9.17, 15) is 14.0 Å². The largest absolute Gasteiger partial charge is 0.298 e. The number of anilines is 1. The Morgan fingerprint density at radius 1 is 1.08 bits per heavy atom. The van der Waals surface area contributed by atoms with Crippen molar-refractivity contribution < 1.29 is 14.0 Å². The van der Waals surface area contributed by atoms with Crippen LogP contribution in [0.5, 0.6) is 0 Å². The molecule has 0 aromatic heterocycles. The van der Waals surface area contributed by atoms with Crippen molar-refractivity contribution in [2.45, 2.75) is 0 Å². The van der Waals surface area contributed by atoms with E-state index < -0.39 is 17.6 Å². The summed E-state index contributed by atoms with van der Waals surface area (Å²) in [4.78, 5) is 26.1. The number of rotatable bonds is 2. The van der Waals surface area contributed by atoms with E-state index in [1.54, 1.807) is 18.2 Å². The molecular weight excluding hydrogens is 386 g/mol. The molecule has 2 aromatic carbocycles. The Hall–Kier alpha value is -2.28. The molecule has 2 aromatic rings. The second-order valence-corrected chi connectivity index (χ2v) is 6.25. The quantitative estimate of drug-likeness (QED) is 0.476. The summed E-state index contributed by atoms with van der Waals surface area (Å²) in [6.07, 6.45) is 1.35. The van der Waals surface area contributed by atoms with E-state index in [1.165, 1.54) is 30.3 Å². The van der Waals surface area contributed by atoms with Gasteiger partial charge in [-0.05, 0) is 48.1 Å². The Labute approximate surface area is 157 Å². The van der Waals surface area contributed by atoms with Gasteiger partial charge in [-0.25, -0.2) is 4.39 Å². The summed E-state index contributed by atoms with van der Waals surface area (Å²) in [5.74, 6) is -1.72. The molecule has 126 valence electrons. The van der Waals surface area contributed by atoms with Crippen molar-refractivity contribution in [3.8, 4) is 0 Å². The van der Waals surface area contributed by atoms with Gasteiger partial charge in [0.2, 0.25) is 0 Å². The van der Waals surface area contributed by atoms with Crippen LogP contribution in [0.25, 0.3) is 6.08 Å². The van der Waals surface area contributed by atoms with Gasteiger partial charge in [-0.1, -0.05) is 41.4 Å². The highest BCUT2D eigenvalue weighted by molar-refractivity contribution is 7.80. The first-order valence-corrected chi connectivity index (χ1v) is 8.16. The second-order valence-electron chi connectivity index (χ2n) is 5.08. The van der Waals surface area contributed by atoms with Crippen LogP contribution >= 0.6 is 35.4 Å². The predicted molar refractivity (Wildman–Crippen MR) is 99.1 cm³/mol. The molecule has 1 N–H and O–H groups in total. The number of thiocarbonyl (C=S) groups is 1. The number of carbonyl (C=O) groups is 2. The maximum absolute atomic E-state index is 13.0. The lowest BCUT2D eigenvalue weighted by Crippen LogP contribution is -2.54. The molecule has 8 heteroatoms. The molecule has 0 spiro atoms. The molecule has 1 fully saturated rings. The van der Waals surface area contributed by atoms with Crippen molar-refractivity contribution in [3.05, 3.63) is 69.5 Å². The zero-order valence-corrected chi connectivity index (χ0v) is 14.8. The molecule has 0 bridgehead atoms. The fourth-order valence-electron chi connectivity index (χ4n) is 2.27. The smallest absolute Gasteiger partial charge is 0.270 e. The molecule has 4 nitrogen and oxygen atoms in total. The predicted octanol–water partition coefficient (Wildman–Crippen LogP) is 3.96. The normalized spacial score (nSPS) is 16.4. The number of nitrogens with one attached hydrogen (secondary N) is 1. The van der Waals surface area contributed by atoms with Crippen LogP contribution in [0.2, 0.25) is 10.0 Å². The molecule has 1 saturated heterocycles. The fourth-order valence-corrected chi connectivity index (χ4v) is 2.92. The van der Waals surface area contributed by atoms with Crippen LogP contribution in [0.4, 0.5) is 10.1 Å². The highest BCUT2D eigenvalue weighted by Crippen LogP contribution is 2.34.